The highest BCUT2D eigenvalue weighted by Crippen LogP contribution is 2.32. The fourth-order valence-corrected chi connectivity index (χ4v) is 4.99. The second kappa shape index (κ2) is 7.88. The van der Waals surface area contributed by atoms with Crippen molar-refractivity contribution in [3.05, 3.63) is 29.8 Å². The molecular formula is C19H25NO6S. The Kier molecular flexibility index (Phi) is 5.74. The average Bonchev–Trinajstić information content (AvgIpc) is 3.36. The first-order valence-electron chi connectivity index (χ1n) is 9.20. The molecule has 0 radical (unpaired) electrons. The van der Waals surface area contributed by atoms with Crippen LogP contribution in [0, 0.1) is 0 Å². The Balaban J connectivity index is 1.56. The van der Waals surface area contributed by atoms with E-state index in [2.05, 4.69) is 0 Å². The molecule has 0 unspecified atom stereocenters. The van der Waals surface area contributed by atoms with Crippen molar-refractivity contribution in [1.29, 1.82) is 0 Å². The minimum atomic E-state index is -3.08. The summed E-state index contributed by atoms with van der Waals surface area (Å²) in [4.78, 5) is 26.4. The molecule has 8 heteroatoms. The normalized spacial score (nSPS) is 21.1. The number of sulfone groups is 1. The second-order valence-corrected chi connectivity index (χ2v) is 9.58. The third-order valence-electron chi connectivity index (χ3n) is 4.62. The van der Waals surface area contributed by atoms with Crippen LogP contribution in [0.15, 0.2) is 24.3 Å². The molecule has 2 aliphatic rings. The number of rotatable bonds is 7. The van der Waals surface area contributed by atoms with Crippen molar-refractivity contribution in [3.63, 3.8) is 0 Å². The molecule has 0 bridgehead atoms. The molecule has 0 N–H and O–H groups in total. The van der Waals surface area contributed by atoms with Crippen molar-refractivity contribution in [2.24, 2.45) is 0 Å². The van der Waals surface area contributed by atoms with Gasteiger partial charge in [-0.3, -0.25) is 4.79 Å². The maximum Gasteiger partial charge on any atom is 0.338 e. The van der Waals surface area contributed by atoms with Gasteiger partial charge in [0, 0.05) is 12.1 Å². The predicted molar refractivity (Wildman–Crippen MR) is 99.4 cm³/mol. The van der Waals surface area contributed by atoms with Crippen LogP contribution in [0.2, 0.25) is 0 Å². The maximum atomic E-state index is 12.6. The molecule has 1 heterocycles. The minimum Gasteiger partial charge on any atom is -0.491 e. The monoisotopic (exact) mass is 395 g/mol. The Bertz CT molecular complexity index is 798. The molecule has 2 fully saturated rings. The fraction of sp³-hybridized carbons (Fsp3) is 0.579. The Morgan fingerprint density at radius 3 is 2.30 bits per heavy atom. The largest absolute Gasteiger partial charge is 0.491 e. The Hall–Kier alpha value is -2.09. The molecule has 7 nitrogen and oxygen atoms in total. The number of ether oxygens (including phenoxy) is 2. The molecule has 27 heavy (non-hydrogen) atoms. The average molecular weight is 395 g/mol. The van der Waals surface area contributed by atoms with Crippen molar-refractivity contribution in [3.8, 4) is 5.75 Å². The molecule has 1 aliphatic heterocycles. The van der Waals surface area contributed by atoms with Gasteiger partial charge >= 0.3 is 5.97 Å². The van der Waals surface area contributed by atoms with Crippen LogP contribution in [0.1, 0.15) is 43.5 Å². The van der Waals surface area contributed by atoms with E-state index in [0.717, 1.165) is 12.8 Å². The van der Waals surface area contributed by atoms with Gasteiger partial charge in [-0.15, -0.1) is 0 Å². The van der Waals surface area contributed by atoms with Crippen LogP contribution in [0.25, 0.3) is 0 Å². The molecular weight excluding hydrogens is 370 g/mol. The van der Waals surface area contributed by atoms with Gasteiger partial charge in [0.1, 0.15) is 5.75 Å². The van der Waals surface area contributed by atoms with Gasteiger partial charge in [0.15, 0.2) is 16.4 Å². The highest BCUT2D eigenvalue weighted by atomic mass is 32.2. The summed E-state index contributed by atoms with van der Waals surface area (Å²) in [5, 5.41) is 0. The zero-order chi connectivity index (χ0) is 19.6. The summed E-state index contributed by atoms with van der Waals surface area (Å²) in [6.07, 6.45) is 2.23. The summed E-state index contributed by atoms with van der Waals surface area (Å²) < 4.78 is 34.1. The topological polar surface area (TPSA) is 90.0 Å². The van der Waals surface area contributed by atoms with Crippen LogP contribution < -0.4 is 4.74 Å². The lowest BCUT2D eigenvalue weighted by Crippen LogP contribution is -2.44. The van der Waals surface area contributed by atoms with Crippen molar-refractivity contribution in [1.82, 2.24) is 4.90 Å². The molecule has 0 spiro atoms. The van der Waals surface area contributed by atoms with Crippen LogP contribution in [-0.2, 0) is 19.4 Å². The van der Waals surface area contributed by atoms with E-state index in [1.54, 1.807) is 29.2 Å². The smallest absolute Gasteiger partial charge is 0.338 e. The molecule has 1 amide bonds. The number of esters is 1. The zero-order valence-corrected chi connectivity index (χ0v) is 16.4. The molecule has 1 aromatic rings. The van der Waals surface area contributed by atoms with Crippen molar-refractivity contribution < 1.29 is 27.5 Å². The summed E-state index contributed by atoms with van der Waals surface area (Å²) >= 11 is 0. The summed E-state index contributed by atoms with van der Waals surface area (Å²) in [5.74, 6) is -0.152. The van der Waals surface area contributed by atoms with E-state index in [-0.39, 0.29) is 42.2 Å². The zero-order valence-electron chi connectivity index (χ0n) is 15.6. The van der Waals surface area contributed by atoms with Gasteiger partial charge in [-0.1, -0.05) is 0 Å². The predicted octanol–water partition coefficient (Wildman–Crippen LogP) is 1.81. The van der Waals surface area contributed by atoms with E-state index in [4.69, 9.17) is 9.47 Å². The van der Waals surface area contributed by atoms with Gasteiger partial charge in [0.05, 0.1) is 23.2 Å². The van der Waals surface area contributed by atoms with Gasteiger partial charge < -0.3 is 14.4 Å². The number of hydrogen-bond donors (Lipinski definition) is 0. The minimum absolute atomic E-state index is 0.000496. The van der Waals surface area contributed by atoms with Crippen LogP contribution in [0.3, 0.4) is 0 Å². The number of carbonyl (C=O) groups excluding carboxylic acids is 2. The summed E-state index contributed by atoms with van der Waals surface area (Å²) in [6.45, 7) is 3.44. The molecule has 1 aliphatic carbocycles. The summed E-state index contributed by atoms with van der Waals surface area (Å²) in [5.41, 5.74) is 0.334. The number of hydrogen-bond acceptors (Lipinski definition) is 6. The van der Waals surface area contributed by atoms with Crippen molar-refractivity contribution in [2.75, 3.05) is 18.1 Å². The van der Waals surface area contributed by atoms with Gasteiger partial charge in [-0.05, 0) is 57.4 Å². The van der Waals surface area contributed by atoms with E-state index >= 15 is 0 Å². The number of benzene rings is 1. The van der Waals surface area contributed by atoms with E-state index in [9.17, 15) is 18.0 Å². The third-order valence-corrected chi connectivity index (χ3v) is 6.37. The summed E-state index contributed by atoms with van der Waals surface area (Å²) in [6, 6.07) is 6.30. The Morgan fingerprint density at radius 1 is 1.11 bits per heavy atom. The van der Waals surface area contributed by atoms with E-state index in [1.165, 1.54) is 0 Å². The standard InChI is InChI=1S/C19H25NO6S/c1-13(2)26-17-7-3-14(4-8-17)19(22)25-11-18(21)20(15-5-6-15)16-9-10-27(23,24)12-16/h3-4,7-8,13,15-16H,5-6,9-12H2,1-2H3/t16-/m0/s1. The van der Waals surface area contributed by atoms with E-state index in [1.807, 2.05) is 13.8 Å². The lowest BCUT2D eigenvalue weighted by atomic mass is 10.2. The first-order valence-corrected chi connectivity index (χ1v) is 11.0. The van der Waals surface area contributed by atoms with E-state index < -0.39 is 15.8 Å². The van der Waals surface area contributed by atoms with Crippen LogP contribution in [0.5, 0.6) is 5.75 Å². The molecule has 1 atom stereocenters. The van der Waals surface area contributed by atoms with Crippen LogP contribution in [0.4, 0.5) is 0 Å². The molecule has 148 valence electrons. The molecule has 1 saturated heterocycles. The number of carbonyl (C=O) groups is 2. The molecule has 1 aromatic carbocycles. The van der Waals surface area contributed by atoms with Gasteiger partial charge in [0.2, 0.25) is 0 Å². The van der Waals surface area contributed by atoms with Crippen LogP contribution in [-0.4, -0.2) is 61.5 Å². The SMILES string of the molecule is CC(C)Oc1ccc(C(=O)OCC(=O)N(C2CC2)[C@H]2CCS(=O)(=O)C2)cc1. The van der Waals surface area contributed by atoms with Gasteiger partial charge in [-0.25, -0.2) is 13.2 Å². The number of amides is 1. The highest BCUT2D eigenvalue weighted by Gasteiger charge is 2.42. The first kappa shape index (κ1) is 19.7. The highest BCUT2D eigenvalue weighted by molar-refractivity contribution is 7.91. The fourth-order valence-electron chi connectivity index (χ4n) is 3.28. The molecule has 3 rings (SSSR count). The lowest BCUT2D eigenvalue weighted by molar-refractivity contribution is -0.137. The Morgan fingerprint density at radius 2 is 1.78 bits per heavy atom. The van der Waals surface area contributed by atoms with E-state index in [0.29, 0.717) is 17.7 Å². The maximum absolute atomic E-state index is 12.6. The third kappa shape index (κ3) is 5.22. The second-order valence-electron chi connectivity index (χ2n) is 7.36. The van der Waals surface area contributed by atoms with Crippen molar-refractivity contribution >= 4 is 21.7 Å². The van der Waals surface area contributed by atoms with Gasteiger partial charge in [-0.2, -0.15) is 0 Å². The van der Waals surface area contributed by atoms with Crippen LogP contribution >= 0.6 is 0 Å². The Labute approximate surface area is 159 Å². The molecule has 0 aromatic heterocycles. The van der Waals surface area contributed by atoms with Gasteiger partial charge in [0.25, 0.3) is 5.91 Å². The quantitative estimate of drug-likeness (QED) is 0.654. The lowest BCUT2D eigenvalue weighted by Gasteiger charge is -2.28. The molecule has 1 saturated carbocycles. The first-order chi connectivity index (χ1) is 12.7. The number of nitrogens with zero attached hydrogens (tertiary/aromatic N) is 1. The summed E-state index contributed by atoms with van der Waals surface area (Å²) in [7, 11) is -3.08. The van der Waals surface area contributed by atoms with Crippen molar-refractivity contribution in [2.45, 2.75) is 51.3 Å².